The largest absolute Gasteiger partial charge is 0.497 e. The molecule has 6 nitrogen and oxygen atoms in total. The summed E-state index contributed by atoms with van der Waals surface area (Å²) < 4.78 is 17.5. The number of carbonyl (C=O) groups excluding carboxylic acids is 1. The second kappa shape index (κ2) is 11.8. The van der Waals surface area contributed by atoms with Crippen molar-refractivity contribution in [1.29, 1.82) is 5.26 Å². The summed E-state index contributed by atoms with van der Waals surface area (Å²) in [5.74, 6) is 1.76. The zero-order valence-corrected chi connectivity index (χ0v) is 21.5. The molecular weight excluding hydrogens is 492 g/mol. The molecule has 0 aromatic heterocycles. The van der Waals surface area contributed by atoms with Crippen LogP contribution >= 0.6 is 24.0 Å². The number of carbonyl (C=O) groups is 1. The van der Waals surface area contributed by atoms with Gasteiger partial charge in [-0.1, -0.05) is 60.4 Å². The Bertz CT molecular complexity index is 1350. The molecule has 1 fully saturated rings. The first-order valence-corrected chi connectivity index (χ1v) is 12.5. The fourth-order valence-corrected chi connectivity index (χ4v) is 4.87. The van der Waals surface area contributed by atoms with E-state index in [2.05, 4.69) is 6.07 Å². The van der Waals surface area contributed by atoms with Crippen molar-refractivity contribution >= 4 is 40.3 Å². The third-order valence-electron chi connectivity index (χ3n) is 5.46. The average molecular weight is 517 g/mol. The summed E-state index contributed by atoms with van der Waals surface area (Å²) in [6.07, 6.45) is 1.81. The predicted molar refractivity (Wildman–Crippen MR) is 145 cm³/mol. The molecule has 8 heteroatoms. The number of thioether (sulfide) groups is 1. The highest BCUT2D eigenvalue weighted by atomic mass is 32.2. The van der Waals surface area contributed by atoms with Crippen LogP contribution < -0.4 is 14.2 Å². The van der Waals surface area contributed by atoms with Crippen molar-refractivity contribution in [2.75, 3.05) is 13.7 Å². The predicted octanol–water partition coefficient (Wildman–Crippen LogP) is 5.95. The van der Waals surface area contributed by atoms with E-state index in [0.717, 1.165) is 22.4 Å². The van der Waals surface area contributed by atoms with E-state index >= 15 is 0 Å². The SMILES string of the molecule is CCOc1cc(C=C2SC(=S)N(Cc3ccc(OC)cc3)C2=O)ccc1OCc1ccccc1C#N. The molecule has 4 rings (SSSR count). The van der Waals surface area contributed by atoms with Gasteiger partial charge in [-0.05, 0) is 54.5 Å². The van der Waals surface area contributed by atoms with Gasteiger partial charge in [-0.2, -0.15) is 5.26 Å². The van der Waals surface area contributed by atoms with Crippen LogP contribution in [-0.4, -0.2) is 28.8 Å². The maximum absolute atomic E-state index is 13.1. The quantitative estimate of drug-likeness (QED) is 0.257. The first-order valence-electron chi connectivity index (χ1n) is 11.3. The van der Waals surface area contributed by atoms with Crippen molar-refractivity contribution < 1.29 is 19.0 Å². The zero-order valence-electron chi connectivity index (χ0n) is 19.9. The van der Waals surface area contributed by atoms with E-state index in [0.29, 0.717) is 39.4 Å². The summed E-state index contributed by atoms with van der Waals surface area (Å²) >= 11 is 6.76. The molecule has 1 amide bonds. The second-order valence-electron chi connectivity index (χ2n) is 7.81. The molecule has 1 aliphatic heterocycles. The third kappa shape index (κ3) is 5.88. The molecule has 0 unspecified atom stereocenters. The smallest absolute Gasteiger partial charge is 0.266 e. The first kappa shape index (κ1) is 25.3. The second-order valence-corrected chi connectivity index (χ2v) is 9.49. The van der Waals surface area contributed by atoms with Gasteiger partial charge in [0.15, 0.2) is 11.5 Å². The van der Waals surface area contributed by atoms with Crippen molar-refractivity contribution in [3.63, 3.8) is 0 Å². The Labute approximate surface area is 220 Å². The number of hydrogen-bond acceptors (Lipinski definition) is 7. The standard InChI is InChI=1S/C28H24N2O4S2/c1-3-33-25-14-20(10-13-24(25)34-18-22-7-5-4-6-21(22)16-29)15-26-27(31)30(28(35)36-26)17-19-8-11-23(32-2)12-9-19/h4-15H,3,17-18H2,1-2H3. The molecule has 1 saturated heterocycles. The molecule has 0 bridgehead atoms. The highest BCUT2D eigenvalue weighted by Crippen LogP contribution is 2.36. The first-order chi connectivity index (χ1) is 17.5. The molecule has 182 valence electrons. The minimum atomic E-state index is -0.132. The van der Waals surface area contributed by atoms with Gasteiger partial charge in [-0.15, -0.1) is 0 Å². The molecule has 36 heavy (non-hydrogen) atoms. The summed E-state index contributed by atoms with van der Waals surface area (Å²) in [5, 5.41) is 9.31. The van der Waals surface area contributed by atoms with Crippen molar-refractivity contribution in [2.45, 2.75) is 20.1 Å². The van der Waals surface area contributed by atoms with E-state index in [4.69, 9.17) is 26.4 Å². The highest BCUT2D eigenvalue weighted by Gasteiger charge is 2.32. The number of thiocarbonyl (C=S) groups is 1. The van der Waals surface area contributed by atoms with E-state index in [1.165, 1.54) is 11.8 Å². The molecule has 3 aromatic rings. The maximum atomic E-state index is 13.1. The zero-order chi connectivity index (χ0) is 25.5. The summed E-state index contributed by atoms with van der Waals surface area (Å²) in [6, 6.07) is 22.6. The van der Waals surface area contributed by atoms with Gasteiger partial charge >= 0.3 is 0 Å². The Morgan fingerprint density at radius 3 is 2.56 bits per heavy atom. The summed E-state index contributed by atoms with van der Waals surface area (Å²) in [4.78, 5) is 15.2. The third-order valence-corrected chi connectivity index (χ3v) is 6.84. The summed E-state index contributed by atoms with van der Waals surface area (Å²) in [5.41, 5.74) is 3.13. The van der Waals surface area contributed by atoms with Gasteiger partial charge < -0.3 is 14.2 Å². The van der Waals surface area contributed by atoms with Gasteiger partial charge in [-0.25, -0.2) is 0 Å². The molecule has 0 N–H and O–H groups in total. The lowest BCUT2D eigenvalue weighted by atomic mass is 10.1. The van der Waals surface area contributed by atoms with Crippen LogP contribution in [0.5, 0.6) is 17.2 Å². The number of amides is 1. The molecular formula is C28H24N2O4S2. The summed E-state index contributed by atoms with van der Waals surface area (Å²) in [6.45, 7) is 2.99. The van der Waals surface area contributed by atoms with Gasteiger partial charge in [0.25, 0.3) is 5.91 Å². The normalized spacial score (nSPS) is 14.1. The number of benzene rings is 3. The fourth-order valence-electron chi connectivity index (χ4n) is 3.61. The molecule has 0 aliphatic carbocycles. The number of rotatable bonds is 9. The van der Waals surface area contributed by atoms with Crippen molar-refractivity contribution in [3.8, 4) is 23.3 Å². The van der Waals surface area contributed by atoms with Crippen molar-refractivity contribution in [3.05, 3.63) is 93.9 Å². The van der Waals surface area contributed by atoms with E-state index in [1.807, 2.05) is 73.7 Å². The number of ether oxygens (including phenoxy) is 3. The lowest BCUT2D eigenvalue weighted by Crippen LogP contribution is -2.27. The molecule has 0 saturated carbocycles. The van der Waals surface area contributed by atoms with E-state index in [9.17, 15) is 10.1 Å². The van der Waals surface area contributed by atoms with Gasteiger partial charge in [0, 0.05) is 5.56 Å². The molecule has 3 aromatic carbocycles. The fraction of sp³-hybridized carbons (Fsp3) is 0.179. The Hall–Kier alpha value is -3.80. The number of methoxy groups -OCH3 is 1. The number of nitriles is 1. The Kier molecular flexibility index (Phi) is 8.26. The lowest BCUT2D eigenvalue weighted by Gasteiger charge is -2.15. The highest BCUT2D eigenvalue weighted by molar-refractivity contribution is 8.26. The molecule has 1 aliphatic rings. The lowest BCUT2D eigenvalue weighted by molar-refractivity contribution is -0.122. The van der Waals surface area contributed by atoms with Crippen LogP contribution in [0.1, 0.15) is 29.2 Å². The molecule has 0 spiro atoms. The minimum absolute atomic E-state index is 0.132. The molecule has 1 heterocycles. The van der Waals surface area contributed by atoms with Crippen molar-refractivity contribution in [2.24, 2.45) is 0 Å². The minimum Gasteiger partial charge on any atom is -0.497 e. The van der Waals surface area contributed by atoms with E-state index < -0.39 is 0 Å². The van der Waals surface area contributed by atoms with Crippen molar-refractivity contribution in [1.82, 2.24) is 4.90 Å². The average Bonchev–Trinajstić information content (AvgIpc) is 3.16. The van der Waals surface area contributed by atoms with Crippen LogP contribution in [0.4, 0.5) is 0 Å². The van der Waals surface area contributed by atoms with Crippen LogP contribution in [0.15, 0.2) is 71.6 Å². The maximum Gasteiger partial charge on any atom is 0.266 e. The van der Waals surface area contributed by atoms with Crippen LogP contribution in [0.3, 0.4) is 0 Å². The van der Waals surface area contributed by atoms with Gasteiger partial charge in [0.2, 0.25) is 0 Å². The monoisotopic (exact) mass is 516 g/mol. The number of hydrogen-bond donors (Lipinski definition) is 0. The molecule has 0 radical (unpaired) electrons. The van der Waals surface area contributed by atoms with E-state index in [-0.39, 0.29) is 12.5 Å². The van der Waals surface area contributed by atoms with Gasteiger partial charge in [0.05, 0.1) is 36.8 Å². The van der Waals surface area contributed by atoms with Gasteiger partial charge in [0.1, 0.15) is 16.7 Å². The van der Waals surface area contributed by atoms with Crippen LogP contribution in [0, 0.1) is 11.3 Å². The van der Waals surface area contributed by atoms with E-state index in [1.54, 1.807) is 18.1 Å². The molecule has 0 atom stereocenters. The Morgan fingerprint density at radius 1 is 1.06 bits per heavy atom. The van der Waals surface area contributed by atoms with Crippen LogP contribution in [0.2, 0.25) is 0 Å². The number of nitrogens with zero attached hydrogens (tertiary/aromatic N) is 2. The van der Waals surface area contributed by atoms with Crippen LogP contribution in [0.25, 0.3) is 6.08 Å². The Balaban J connectivity index is 1.50. The topological polar surface area (TPSA) is 71.8 Å². The van der Waals surface area contributed by atoms with Gasteiger partial charge in [-0.3, -0.25) is 9.69 Å². The van der Waals surface area contributed by atoms with Crippen LogP contribution in [-0.2, 0) is 17.9 Å². The summed E-state index contributed by atoms with van der Waals surface area (Å²) in [7, 11) is 1.62. The Morgan fingerprint density at radius 2 is 1.83 bits per heavy atom.